The number of nitrogens with one attached hydrogen (secondary N) is 2. The topological polar surface area (TPSA) is 82.8 Å². The van der Waals surface area contributed by atoms with Crippen LogP contribution in [0.4, 0.5) is 10.5 Å². The van der Waals surface area contributed by atoms with Crippen molar-refractivity contribution in [3.63, 3.8) is 0 Å². The number of hydrogen-bond acceptors (Lipinski definition) is 4. The highest BCUT2D eigenvalue weighted by Gasteiger charge is 2.14. The minimum absolute atomic E-state index is 0.581. The van der Waals surface area contributed by atoms with Gasteiger partial charge in [0.05, 0.1) is 12.2 Å². The second kappa shape index (κ2) is 4.84. The molecule has 0 spiro atoms. The summed E-state index contributed by atoms with van der Waals surface area (Å²) in [6, 6.07) is 6.82. The second-order valence-corrected chi connectivity index (χ2v) is 3.80. The van der Waals surface area contributed by atoms with Crippen molar-refractivity contribution in [2.24, 2.45) is 10.7 Å². The van der Waals surface area contributed by atoms with E-state index < -0.39 is 6.03 Å². The molecular weight excluding hydrogens is 218 g/mol. The monoisotopic (exact) mass is 233 g/mol. The van der Waals surface area contributed by atoms with E-state index in [4.69, 9.17) is 5.73 Å². The quantitative estimate of drug-likeness (QED) is 0.690. The van der Waals surface area contributed by atoms with Gasteiger partial charge in [-0.15, -0.1) is 0 Å². The highest BCUT2D eigenvalue weighted by atomic mass is 16.2. The molecular formula is C11H15N5O. The molecule has 2 rings (SSSR count). The van der Waals surface area contributed by atoms with Crippen molar-refractivity contribution >= 4 is 17.6 Å². The fraction of sp³-hybridized carbons (Fsp3) is 0.273. The Bertz CT molecular complexity index is 457. The smallest absolute Gasteiger partial charge is 0.316 e. The minimum atomic E-state index is -0.581. The number of anilines is 1. The lowest BCUT2D eigenvalue weighted by atomic mass is 10.1. The summed E-state index contributed by atoms with van der Waals surface area (Å²) in [5.74, 6) is 0.739. The minimum Gasteiger partial charge on any atom is -0.351 e. The summed E-state index contributed by atoms with van der Waals surface area (Å²) in [6.07, 6.45) is 0. The molecule has 0 atom stereocenters. The van der Waals surface area contributed by atoms with Crippen molar-refractivity contribution in [3.05, 3.63) is 29.8 Å². The number of para-hydroxylation sites is 1. The molecule has 6 nitrogen and oxygen atoms in total. The molecule has 90 valence electrons. The summed E-state index contributed by atoms with van der Waals surface area (Å²) in [5, 5.41) is 4.53. The van der Waals surface area contributed by atoms with Gasteiger partial charge in [0.15, 0.2) is 0 Å². The molecule has 1 heterocycles. The number of hydrogen-bond donors (Lipinski definition) is 3. The lowest BCUT2D eigenvalue weighted by molar-refractivity contribution is 0.259. The first-order valence-electron chi connectivity index (χ1n) is 5.35. The Kier molecular flexibility index (Phi) is 3.24. The maximum absolute atomic E-state index is 10.9. The molecule has 0 fully saturated rings. The molecule has 4 N–H and O–H groups in total. The molecule has 2 amide bonds. The number of carbonyl (C=O) groups is 1. The summed E-state index contributed by atoms with van der Waals surface area (Å²) in [6.45, 7) is 1.58. The number of amidine groups is 1. The first-order valence-corrected chi connectivity index (χ1v) is 5.35. The molecule has 1 aliphatic rings. The molecule has 0 radical (unpaired) electrons. The van der Waals surface area contributed by atoms with E-state index >= 15 is 0 Å². The molecule has 0 saturated heterocycles. The Morgan fingerprint density at radius 2 is 2.29 bits per heavy atom. The first-order chi connectivity index (χ1) is 8.16. The zero-order valence-corrected chi connectivity index (χ0v) is 9.60. The average molecular weight is 233 g/mol. The lowest BCUT2D eigenvalue weighted by Crippen LogP contribution is -2.45. The van der Waals surface area contributed by atoms with Crippen LogP contribution >= 0.6 is 0 Å². The van der Waals surface area contributed by atoms with Crippen LogP contribution in [-0.4, -0.2) is 37.0 Å². The van der Waals surface area contributed by atoms with Gasteiger partial charge < -0.3 is 16.5 Å². The van der Waals surface area contributed by atoms with Crippen LogP contribution < -0.4 is 16.5 Å². The number of nitrogens with zero attached hydrogens (tertiary/aromatic N) is 2. The standard InChI is InChI=1S/C11H15N5O/c1-16-7-6-13-10(15-16)8-4-2-3-5-9(8)14-11(12)17/h2-5H,6-7H2,1H3,(H,13,15)(H3,12,14,17). The summed E-state index contributed by atoms with van der Waals surface area (Å²) in [5.41, 5.74) is 9.75. The van der Waals surface area contributed by atoms with Crippen LogP contribution in [0, 0.1) is 0 Å². The number of hydrazine groups is 1. The van der Waals surface area contributed by atoms with E-state index in [0.717, 1.165) is 24.5 Å². The van der Waals surface area contributed by atoms with Crippen LogP contribution in [0.15, 0.2) is 29.3 Å². The van der Waals surface area contributed by atoms with Gasteiger partial charge in [-0.05, 0) is 12.1 Å². The van der Waals surface area contributed by atoms with Crippen molar-refractivity contribution in [1.29, 1.82) is 0 Å². The summed E-state index contributed by atoms with van der Waals surface area (Å²) >= 11 is 0. The molecule has 0 saturated carbocycles. The number of carbonyl (C=O) groups excluding carboxylic acids is 1. The maximum atomic E-state index is 10.9. The van der Waals surface area contributed by atoms with E-state index in [1.807, 2.05) is 30.3 Å². The Labute approximate surface area is 99.5 Å². The molecule has 0 aliphatic carbocycles. The van der Waals surface area contributed by atoms with Crippen LogP contribution in [0.3, 0.4) is 0 Å². The van der Waals surface area contributed by atoms with E-state index in [1.54, 1.807) is 6.07 Å². The molecule has 1 aliphatic heterocycles. The van der Waals surface area contributed by atoms with Gasteiger partial charge in [0.2, 0.25) is 0 Å². The number of nitrogens with two attached hydrogens (primary N) is 1. The van der Waals surface area contributed by atoms with Gasteiger partial charge in [-0.1, -0.05) is 12.1 Å². The SMILES string of the molecule is CN1CCN=C(c2ccccc2NC(N)=O)N1. The normalized spacial score (nSPS) is 15.9. The zero-order valence-electron chi connectivity index (χ0n) is 9.60. The van der Waals surface area contributed by atoms with Crippen LogP contribution in [0.1, 0.15) is 5.56 Å². The third-order valence-electron chi connectivity index (χ3n) is 2.44. The predicted octanol–water partition coefficient (Wildman–Crippen LogP) is 0.374. The third-order valence-corrected chi connectivity index (χ3v) is 2.44. The van der Waals surface area contributed by atoms with Crippen LogP contribution in [0.25, 0.3) is 0 Å². The molecule has 1 aromatic rings. The van der Waals surface area contributed by atoms with Crippen molar-refractivity contribution in [1.82, 2.24) is 10.4 Å². The van der Waals surface area contributed by atoms with E-state index in [1.165, 1.54) is 0 Å². The van der Waals surface area contributed by atoms with Crippen molar-refractivity contribution in [2.75, 3.05) is 25.5 Å². The predicted molar refractivity (Wildman–Crippen MR) is 66.8 cm³/mol. The van der Waals surface area contributed by atoms with E-state index in [9.17, 15) is 4.79 Å². The van der Waals surface area contributed by atoms with Crippen LogP contribution in [0.2, 0.25) is 0 Å². The highest BCUT2D eigenvalue weighted by molar-refractivity contribution is 6.06. The maximum Gasteiger partial charge on any atom is 0.316 e. The number of primary amides is 1. The number of amides is 2. The van der Waals surface area contributed by atoms with Gasteiger partial charge in [-0.3, -0.25) is 4.99 Å². The molecule has 1 aromatic carbocycles. The molecule has 0 unspecified atom stereocenters. The van der Waals surface area contributed by atoms with Gasteiger partial charge >= 0.3 is 6.03 Å². The number of likely N-dealkylation sites (N-methyl/N-ethyl adjacent to an activating group) is 1. The number of rotatable bonds is 2. The average Bonchev–Trinajstić information content (AvgIpc) is 2.29. The largest absolute Gasteiger partial charge is 0.351 e. The zero-order chi connectivity index (χ0) is 12.3. The molecule has 0 bridgehead atoms. The van der Waals surface area contributed by atoms with Gasteiger partial charge in [0.1, 0.15) is 5.84 Å². The lowest BCUT2D eigenvalue weighted by Gasteiger charge is -2.25. The van der Waals surface area contributed by atoms with Gasteiger partial charge in [0, 0.05) is 19.2 Å². The Morgan fingerprint density at radius 1 is 1.53 bits per heavy atom. The van der Waals surface area contributed by atoms with E-state index in [-0.39, 0.29) is 0 Å². The van der Waals surface area contributed by atoms with Crippen LogP contribution in [-0.2, 0) is 0 Å². The molecule has 0 aromatic heterocycles. The third kappa shape index (κ3) is 2.73. The van der Waals surface area contributed by atoms with E-state index in [2.05, 4.69) is 15.7 Å². The Balaban J connectivity index is 2.31. The Hall–Kier alpha value is -2.08. The fourth-order valence-electron chi connectivity index (χ4n) is 1.66. The second-order valence-electron chi connectivity index (χ2n) is 3.80. The first kappa shape index (κ1) is 11.4. The van der Waals surface area contributed by atoms with Crippen molar-refractivity contribution in [2.45, 2.75) is 0 Å². The van der Waals surface area contributed by atoms with Gasteiger partial charge in [0.25, 0.3) is 0 Å². The van der Waals surface area contributed by atoms with Crippen molar-refractivity contribution in [3.8, 4) is 0 Å². The molecule has 17 heavy (non-hydrogen) atoms. The van der Waals surface area contributed by atoms with Gasteiger partial charge in [-0.25, -0.2) is 9.80 Å². The highest BCUT2D eigenvalue weighted by Crippen LogP contribution is 2.16. The summed E-state index contributed by atoms with van der Waals surface area (Å²) < 4.78 is 0. The molecule has 6 heteroatoms. The summed E-state index contributed by atoms with van der Waals surface area (Å²) in [7, 11) is 1.94. The van der Waals surface area contributed by atoms with E-state index in [0.29, 0.717) is 5.69 Å². The van der Waals surface area contributed by atoms with Crippen molar-refractivity contribution < 1.29 is 4.79 Å². The fourth-order valence-corrected chi connectivity index (χ4v) is 1.66. The van der Waals surface area contributed by atoms with Gasteiger partial charge in [-0.2, -0.15) is 0 Å². The number of benzene rings is 1. The number of aliphatic imine (C=N–C) groups is 1. The van der Waals surface area contributed by atoms with Crippen LogP contribution in [0.5, 0.6) is 0 Å². The number of urea groups is 1. The summed E-state index contributed by atoms with van der Waals surface area (Å²) in [4.78, 5) is 15.3. The Morgan fingerprint density at radius 3 is 3.00 bits per heavy atom.